The fourth-order valence-electron chi connectivity index (χ4n) is 1.23. The van der Waals surface area contributed by atoms with E-state index in [1.54, 1.807) is 6.92 Å². The zero-order valence-corrected chi connectivity index (χ0v) is 11.8. The van der Waals surface area contributed by atoms with Gasteiger partial charge in [0, 0.05) is 11.0 Å². The molecule has 0 saturated heterocycles. The number of sulfonamides is 1. The van der Waals surface area contributed by atoms with Crippen LogP contribution in [0.5, 0.6) is 0 Å². The minimum atomic E-state index is -4.05. The summed E-state index contributed by atoms with van der Waals surface area (Å²) < 4.78 is 39.7. The van der Waals surface area contributed by atoms with E-state index >= 15 is 0 Å². The van der Waals surface area contributed by atoms with Crippen LogP contribution in [0.15, 0.2) is 21.5 Å². The summed E-state index contributed by atoms with van der Waals surface area (Å²) in [7, 11) is -4.05. The number of carboxylic acid groups (broad SMARTS) is 1. The molecular formula is C10H11BrFNO4S. The molecule has 0 radical (unpaired) electrons. The first-order valence-corrected chi connectivity index (χ1v) is 7.29. The highest BCUT2D eigenvalue weighted by Gasteiger charge is 2.24. The van der Waals surface area contributed by atoms with Crippen molar-refractivity contribution in [2.75, 3.05) is 6.54 Å². The summed E-state index contributed by atoms with van der Waals surface area (Å²) in [6.07, 6.45) is 0.542. The highest BCUT2D eigenvalue weighted by Crippen LogP contribution is 2.24. The second kappa shape index (κ2) is 5.77. The standard InChI is InChI=1S/C10H11BrFNO4S/c1-2-3-13-18(16,17)8-5-6(11)4-7(9(8)12)10(14)15/h4-5,13H,2-3H2,1H3,(H,14,15). The van der Waals surface area contributed by atoms with E-state index in [2.05, 4.69) is 20.7 Å². The predicted molar refractivity (Wildman–Crippen MR) is 66.5 cm³/mol. The van der Waals surface area contributed by atoms with Crippen molar-refractivity contribution in [2.45, 2.75) is 18.2 Å². The molecule has 2 N–H and O–H groups in total. The van der Waals surface area contributed by atoms with Crippen LogP contribution in [0.25, 0.3) is 0 Å². The lowest BCUT2D eigenvalue weighted by Crippen LogP contribution is -2.26. The first-order valence-electron chi connectivity index (χ1n) is 5.01. The molecule has 18 heavy (non-hydrogen) atoms. The number of halogens is 2. The van der Waals surface area contributed by atoms with Crippen molar-refractivity contribution in [3.8, 4) is 0 Å². The van der Waals surface area contributed by atoms with Gasteiger partial charge in [-0.05, 0) is 18.6 Å². The Morgan fingerprint density at radius 1 is 1.50 bits per heavy atom. The summed E-state index contributed by atoms with van der Waals surface area (Å²) in [5.74, 6) is -2.80. The lowest BCUT2D eigenvalue weighted by atomic mass is 10.2. The summed E-state index contributed by atoms with van der Waals surface area (Å²) in [6, 6.07) is 2.04. The maximum absolute atomic E-state index is 13.8. The number of hydrogen-bond acceptors (Lipinski definition) is 3. The van der Waals surface area contributed by atoms with E-state index in [1.807, 2.05) is 0 Å². The van der Waals surface area contributed by atoms with E-state index in [0.29, 0.717) is 6.42 Å². The third-order valence-electron chi connectivity index (χ3n) is 2.07. The highest BCUT2D eigenvalue weighted by atomic mass is 79.9. The maximum Gasteiger partial charge on any atom is 0.338 e. The Morgan fingerprint density at radius 2 is 2.11 bits per heavy atom. The Balaban J connectivity index is 3.37. The van der Waals surface area contributed by atoms with Gasteiger partial charge in [0.05, 0.1) is 5.56 Å². The molecule has 0 atom stereocenters. The largest absolute Gasteiger partial charge is 0.478 e. The van der Waals surface area contributed by atoms with Gasteiger partial charge in [0.2, 0.25) is 10.0 Å². The van der Waals surface area contributed by atoms with E-state index in [0.717, 1.165) is 12.1 Å². The molecule has 0 saturated carbocycles. The van der Waals surface area contributed by atoms with E-state index in [4.69, 9.17) is 5.11 Å². The van der Waals surface area contributed by atoms with Crippen LogP contribution < -0.4 is 4.72 Å². The molecule has 0 aliphatic rings. The van der Waals surface area contributed by atoms with Gasteiger partial charge in [-0.15, -0.1) is 0 Å². The molecule has 0 heterocycles. The number of nitrogens with one attached hydrogen (secondary N) is 1. The monoisotopic (exact) mass is 339 g/mol. The summed E-state index contributed by atoms with van der Waals surface area (Å²) in [5.41, 5.74) is -0.693. The molecular weight excluding hydrogens is 329 g/mol. The molecule has 1 aromatic rings. The normalized spacial score (nSPS) is 11.5. The maximum atomic E-state index is 13.8. The SMILES string of the molecule is CCCNS(=O)(=O)c1cc(Br)cc(C(=O)O)c1F. The molecule has 1 aromatic carbocycles. The fraction of sp³-hybridized carbons (Fsp3) is 0.300. The topological polar surface area (TPSA) is 83.5 Å². The number of rotatable bonds is 5. The summed E-state index contributed by atoms with van der Waals surface area (Å²) in [6.45, 7) is 1.90. The Morgan fingerprint density at radius 3 is 2.61 bits per heavy atom. The molecule has 100 valence electrons. The molecule has 0 aliphatic carbocycles. The van der Waals surface area contributed by atoms with Crippen LogP contribution in [0.2, 0.25) is 0 Å². The third-order valence-corrected chi connectivity index (χ3v) is 3.98. The Hall–Kier alpha value is -0.990. The Kier molecular flexibility index (Phi) is 4.83. The summed E-state index contributed by atoms with van der Waals surface area (Å²) in [5, 5.41) is 8.78. The smallest absolute Gasteiger partial charge is 0.338 e. The average molecular weight is 340 g/mol. The first-order chi connectivity index (χ1) is 8.29. The zero-order valence-electron chi connectivity index (χ0n) is 9.41. The van der Waals surface area contributed by atoms with Gasteiger partial charge in [-0.3, -0.25) is 0 Å². The van der Waals surface area contributed by atoms with Crippen LogP contribution in [0.3, 0.4) is 0 Å². The quantitative estimate of drug-likeness (QED) is 0.859. The second-order valence-electron chi connectivity index (χ2n) is 3.47. The predicted octanol–water partition coefficient (Wildman–Crippen LogP) is 1.97. The van der Waals surface area contributed by atoms with Crippen molar-refractivity contribution in [1.29, 1.82) is 0 Å². The molecule has 0 unspecified atom stereocenters. The number of hydrogen-bond donors (Lipinski definition) is 2. The Bertz CT molecular complexity index is 573. The molecule has 0 spiro atoms. The second-order valence-corrected chi connectivity index (χ2v) is 6.12. The van der Waals surface area contributed by atoms with Gasteiger partial charge in [-0.25, -0.2) is 22.3 Å². The van der Waals surface area contributed by atoms with Crippen LogP contribution in [0, 0.1) is 5.82 Å². The van der Waals surface area contributed by atoms with Crippen LogP contribution in [0.4, 0.5) is 4.39 Å². The van der Waals surface area contributed by atoms with Crippen LogP contribution in [0.1, 0.15) is 23.7 Å². The fourth-order valence-corrected chi connectivity index (χ4v) is 3.10. The number of benzene rings is 1. The van der Waals surface area contributed by atoms with E-state index in [9.17, 15) is 17.6 Å². The lowest BCUT2D eigenvalue weighted by molar-refractivity contribution is 0.0691. The van der Waals surface area contributed by atoms with Crippen molar-refractivity contribution in [3.05, 3.63) is 28.0 Å². The van der Waals surface area contributed by atoms with Crippen LogP contribution in [-0.2, 0) is 10.0 Å². The van der Waals surface area contributed by atoms with Gasteiger partial charge < -0.3 is 5.11 Å². The minimum Gasteiger partial charge on any atom is -0.478 e. The first kappa shape index (κ1) is 15.1. The van der Waals surface area contributed by atoms with Crippen molar-refractivity contribution >= 4 is 31.9 Å². The average Bonchev–Trinajstić information content (AvgIpc) is 2.28. The van der Waals surface area contributed by atoms with Gasteiger partial charge in [0.25, 0.3) is 0 Å². The number of carbonyl (C=O) groups is 1. The molecule has 0 fully saturated rings. The van der Waals surface area contributed by atoms with Crippen molar-refractivity contribution in [2.24, 2.45) is 0 Å². The molecule has 1 rings (SSSR count). The lowest BCUT2D eigenvalue weighted by Gasteiger charge is -2.09. The molecule has 0 amide bonds. The van der Waals surface area contributed by atoms with Crippen molar-refractivity contribution < 1.29 is 22.7 Å². The summed E-state index contributed by atoms with van der Waals surface area (Å²) in [4.78, 5) is 10.1. The molecule has 8 heteroatoms. The Labute approximate surface area is 112 Å². The van der Waals surface area contributed by atoms with Gasteiger partial charge >= 0.3 is 5.97 Å². The number of carboxylic acids is 1. The van der Waals surface area contributed by atoms with E-state index < -0.39 is 32.3 Å². The van der Waals surface area contributed by atoms with E-state index in [-0.39, 0.29) is 11.0 Å². The van der Waals surface area contributed by atoms with Gasteiger partial charge in [-0.1, -0.05) is 22.9 Å². The van der Waals surface area contributed by atoms with Gasteiger partial charge in [0.15, 0.2) is 5.82 Å². The van der Waals surface area contributed by atoms with Crippen LogP contribution in [-0.4, -0.2) is 26.0 Å². The number of aromatic carboxylic acids is 1. The van der Waals surface area contributed by atoms with E-state index in [1.165, 1.54) is 0 Å². The zero-order chi connectivity index (χ0) is 13.9. The van der Waals surface area contributed by atoms with Crippen LogP contribution >= 0.6 is 15.9 Å². The summed E-state index contributed by atoms with van der Waals surface area (Å²) >= 11 is 2.95. The molecule has 0 bridgehead atoms. The highest BCUT2D eigenvalue weighted by molar-refractivity contribution is 9.10. The minimum absolute atomic E-state index is 0.149. The third kappa shape index (κ3) is 3.27. The van der Waals surface area contributed by atoms with Crippen molar-refractivity contribution in [3.63, 3.8) is 0 Å². The molecule has 0 aromatic heterocycles. The van der Waals surface area contributed by atoms with Crippen molar-refractivity contribution in [1.82, 2.24) is 4.72 Å². The molecule has 0 aliphatic heterocycles. The molecule has 5 nitrogen and oxygen atoms in total. The van der Waals surface area contributed by atoms with Gasteiger partial charge in [0.1, 0.15) is 4.90 Å². The van der Waals surface area contributed by atoms with Gasteiger partial charge in [-0.2, -0.15) is 0 Å².